The molecule has 4 nitrogen and oxygen atoms in total. The van der Waals surface area contributed by atoms with Gasteiger partial charge in [-0.2, -0.15) is 0 Å². The molecule has 0 aliphatic carbocycles. The van der Waals surface area contributed by atoms with Crippen LogP contribution in [0.25, 0.3) is 0 Å². The molecule has 1 N–H and O–H groups in total. The Morgan fingerprint density at radius 2 is 2.00 bits per heavy atom. The molecular weight excluding hydrogens is 203 g/mol. The fraction of sp³-hybridized carbons (Fsp3) is 1.00. The van der Waals surface area contributed by atoms with Gasteiger partial charge < -0.3 is 11.7 Å². The van der Waals surface area contributed by atoms with E-state index in [-0.39, 0.29) is 70.2 Å². The Balaban J connectivity index is 0. The Morgan fingerprint density at radius 3 is 2.30 bits per heavy atom. The van der Waals surface area contributed by atoms with Crippen molar-refractivity contribution in [3.8, 4) is 0 Å². The SMILES string of the molecule is O=S(=O)([S-])CCCOO.[K+]. The minimum atomic E-state index is -3.30. The van der Waals surface area contributed by atoms with Crippen LogP contribution in [-0.2, 0) is 25.4 Å². The van der Waals surface area contributed by atoms with Crippen molar-refractivity contribution >= 4 is 20.5 Å². The molecule has 7 heteroatoms. The smallest absolute Gasteiger partial charge is 0.649 e. The van der Waals surface area contributed by atoms with Gasteiger partial charge in [-0.25, -0.2) is 4.89 Å². The van der Waals surface area contributed by atoms with Gasteiger partial charge in [-0.1, -0.05) is 0 Å². The minimum Gasteiger partial charge on any atom is -0.649 e. The van der Waals surface area contributed by atoms with Crippen molar-refractivity contribution < 1.29 is 69.9 Å². The van der Waals surface area contributed by atoms with Crippen LogP contribution >= 0.6 is 0 Å². The second-order valence-corrected chi connectivity index (χ2v) is 4.50. The van der Waals surface area contributed by atoms with Crippen LogP contribution in [0.1, 0.15) is 6.42 Å². The normalized spacial score (nSPS) is 10.6. The van der Waals surface area contributed by atoms with E-state index in [1.54, 1.807) is 0 Å². The summed E-state index contributed by atoms with van der Waals surface area (Å²) < 4.78 is 20.4. The third-order valence-corrected chi connectivity index (χ3v) is 1.92. The maximum absolute atomic E-state index is 10.2. The maximum Gasteiger partial charge on any atom is 1.00 e. The molecule has 0 aromatic rings. The zero-order valence-corrected chi connectivity index (χ0v) is 10.4. The molecular formula is C3H7KO4S2. The second-order valence-electron chi connectivity index (χ2n) is 1.45. The van der Waals surface area contributed by atoms with Crippen LogP contribution in [0.2, 0.25) is 0 Å². The standard InChI is InChI=1S/C3H8O4S2.K/c4-7-2-1-3-9(5,6)8;/h4H,1-3H2,(H,5,6,8);/q;+1/p-1. The molecule has 0 atom stereocenters. The first-order valence-electron chi connectivity index (χ1n) is 2.26. The first-order chi connectivity index (χ1) is 4.06. The maximum atomic E-state index is 10.2. The molecule has 0 bridgehead atoms. The summed E-state index contributed by atoms with van der Waals surface area (Å²) in [6.45, 7) is 0.00979. The molecule has 0 aliphatic heterocycles. The van der Waals surface area contributed by atoms with Gasteiger partial charge in [0, 0.05) is 14.6 Å². The monoisotopic (exact) mass is 210 g/mol. The minimum absolute atomic E-state index is 0. The van der Waals surface area contributed by atoms with Crippen LogP contribution < -0.4 is 51.4 Å². The van der Waals surface area contributed by atoms with Gasteiger partial charge in [0.15, 0.2) is 0 Å². The van der Waals surface area contributed by atoms with Crippen LogP contribution in [-0.4, -0.2) is 26.0 Å². The fourth-order valence-corrected chi connectivity index (χ4v) is 1.13. The molecule has 0 amide bonds. The fourth-order valence-electron chi connectivity index (χ4n) is 0.300. The van der Waals surface area contributed by atoms with Gasteiger partial charge in [0.05, 0.1) is 6.61 Å². The third kappa shape index (κ3) is 12.5. The summed E-state index contributed by atoms with van der Waals surface area (Å²) in [4.78, 5) is 3.63. The molecule has 0 spiro atoms. The predicted molar refractivity (Wildman–Crippen MR) is 34.3 cm³/mol. The van der Waals surface area contributed by atoms with Crippen molar-refractivity contribution in [1.82, 2.24) is 0 Å². The van der Waals surface area contributed by atoms with Gasteiger partial charge in [-0.15, -0.1) is 0 Å². The van der Waals surface area contributed by atoms with Gasteiger partial charge in [0.2, 0.25) is 0 Å². The molecule has 0 saturated carbocycles. The molecule has 0 aromatic carbocycles. The van der Waals surface area contributed by atoms with E-state index in [4.69, 9.17) is 5.26 Å². The average molecular weight is 210 g/mol. The van der Waals surface area contributed by atoms with Crippen molar-refractivity contribution in [3.05, 3.63) is 0 Å². The molecule has 0 saturated heterocycles. The summed E-state index contributed by atoms with van der Waals surface area (Å²) in [5.74, 6) is -0.122. The zero-order chi connectivity index (χ0) is 7.33. The Morgan fingerprint density at radius 1 is 1.50 bits per heavy atom. The molecule has 0 aromatic heterocycles. The van der Waals surface area contributed by atoms with E-state index < -0.39 is 8.87 Å². The van der Waals surface area contributed by atoms with E-state index in [9.17, 15) is 8.42 Å². The molecule has 56 valence electrons. The molecule has 10 heavy (non-hydrogen) atoms. The topological polar surface area (TPSA) is 63.6 Å². The predicted octanol–water partition coefficient (Wildman–Crippen LogP) is -3.25. The zero-order valence-electron chi connectivity index (χ0n) is 5.61. The third-order valence-electron chi connectivity index (χ3n) is 0.630. The summed E-state index contributed by atoms with van der Waals surface area (Å²) >= 11 is 4.03. The van der Waals surface area contributed by atoms with Crippen LogP contribution in [0.4, 0.5) is 0 Å². The molecule has 0 fully saturated rings. The second kappa shape index (κ2) is 7.50. The molecule has 0 heterocycles. The van der Waals surface area contributed by atoms with E-state index in [0.717, 1.165) is 0 Å². The summed E-state index contributed by atoms with van der Waals surface area (Å²) in [5, 5.41) is 7.73. The van der Waals surface area contributed by atoms with Gasteiger partial charge in [0.1, 0.15) is 0 Å². The van der Waals surface area contributed by atoms with Crippen LogP contribution in [0.5, 0.6) is 0 Å². The Labute approximate surface area is 107 Å². The average Bonchev–Trinajstić information content (AvgIpc) is 1.63. The molecule has 0 rings (SSSR count). The van der Waals surface area contributed by atoms with Gasteiger partial charge in [-0.05, 0) is 6.42 Å². The largest absolute Gasteiger partial charge is 1.00 e. The number of hydrogen-bond acceptors (Lipinski definition) is 5. The summed E-state index contributed by atoms with van der Waals surface area (Å²) in [5.41, 5.74) is 0. The van der Waals surface area contributed by atoms with E-state index in [2.05, 4.69) is 16.5 Å². The van der Waals surface area contributed by atoms with Crippen molar-refractivity contribution in [3.63, 3.8) is 0 Å². The summed E-state index contributed by atoms with van der Waals surface area (Å²) in [6, 6.07) is 0. The van der Waals surface area contributed by atoms with Crippen LogP contribution in [0.3, 0.4) is 0 Å². The van der Waals surface area contributed by atoms with Crippen molar-refractivity contribution in [2.24, 2.45) is 0 Å². The van der Waals surface area contributed by atoms with Gasteiger partial charge in [0.25, 0.3) is 0 Å². The summed E-state index contributed by atoms with van der Waals surface area (Å²) in [6.07, 6.45) is 0.238. The Hall–Kier alpha value is 1.86. The van der Waals surface area contributed by atoms with Crippen molar-refractivity contribution in [1.29, 1.82) is 0 Å². The van der Waals surface area contributed by atoms with Crippen LogP contribution in [0, 0.1) is 0 Å². The number of rotatable bonds is 4. The van der Waals surface area contributed by atoms with Crippen molar-refractivity contribution in [2.45, 2.75) is 6.42 Å². The Bertz CT molecular complexity index is 154. The molecule has 0 radical (unpaired) electrons. The quantitative estimate of drug-likeness (QED) is 0.132. The van der Waals surface area contributed by atoms with E-state index in [0.29, 0.717) is 0 Å². The molecule has 0 unspecified atom stereocenters. The first kappa shape index (κ1) is 14.4. The summed E-state index contributed by atoms with van der Waals surface area (Å²) in [7, 11) is -3.30. The van der Waals surface area contributed by atoms with Gasteiger partial charge in [-0.3, -0.25) is 13.7 Å². The van der Waals surface area contributed by atoms with Crippen LogP contribution in [0.15, 0.2) is 0 Å². The van der Waals surface area contributed by atoms with Gasteiger partial charge >= 0.3 is 51.4 Å². The first-order valence-corrected chi connectivity index (χ1v) is 4.84. The number of hydrogen-bond donors (Lipinski definition) is 1. The van der Waals surface area contributed by atoms with E-state index in [1.165, 1.54) is 0 Å². The Kier molecular flexibility index (Phi) is 10.8. The van der Waals surface area contributed by atoms with E-state index in [1.807, 2.05) is 0 Å². The molecule has 0 aliphatic rings. The van der Waals surface area contributed by atoms with E-state index >= 15 is 0 Å². The van der Waals surface area contributed by atoms with Crippen molar-refractivity contribution in [2.75, 3.05) is 12.4 Å².